The number of aromatic nitrogens is 1. The zero-order chi connectivity index (χ0) is 25.5. The number of esters is 1. The van der Waals surface area contributed by atoms with E-state index in [9.17, 15) is 24.5 Å². The number of hydrogen-bond acceptors (Lipinski definition) is 9. The Kier molecular flexibility index (Phi) is 8.08. The number of benzene rings is 2. The van der Waals surface area contributed by atoms with E-state index in [0.717, 1.165) is 5.56 Å². The van der Waals surface area contributed by atoms with Crippen molar-refractivity contribution in [3.8, 4) is 11.5 Å². The van der Waals surface area contributed by atoms with Crippen molar-refractivity contribution in [3.05, 3.63) is 62.6 Å². The van der Waals surface area contributed by atoms with Crippen molar-refractivity contribution >= 4 is 28.7 Å². The summed E-state index contributed by atoms with van der Waals surface area (Å²) in [5.74, 6) is -0.655. The molecule has 0 bridgehead atoms. The van der Waals surface area contributed by atoms with Crippen LogP contribution in [0.25, 0.3) is 11.1 Å². The molecule has 0 radical (unpaired) electrons. The van der Waals surface area contributed by atoms with Crippen LogP contribution in [0.4, 0.5) is 5.69 Å². The van der Waals surface area contributed by atoms with E-state index in [1.54, 1.807) is 18.2 Å². The van der Waals surface area contributed by atoms with Gasteiger partial charge in [-0.2, -0.15) is 0 Å². The SMILES string of the molecule is COc1ccc(CNC(=O)C(C)OC(=O)CCCn2c(=O)oc3cc([N+](=O)[O-])ccc32)cc1OC. The molecule has 0 aliphatic heterocycles. The lowest BCUT2D eigenvalue weighted by atomic mass is 10.2. The van der Waals surface area contributed by atoms with Gasteiger partial charge in [-0.1, -0.05) is 6.07 Å². The van der Waals surface area contributed by atoms with Crippen LogP contribution in [0.3, 0.4) is 0 Å². The maximum atomic E-state index is 12.3. The van der Waals surface area contributed by atoms with Crippen LogP contribution in [0, 0.1) is 10.1 Å². The number of aryl methyl sites for hydroxylation is 1. The molecule has 12 heteroatoms. The van der Waals surface area contributed by atoms with Crippen molar-refractivity contribution in [2.45, 2.75) is 39.0 Å². The van der Waals surface area contributed by atoms with Crippen molar-refractivity contribution in [1.82, 2.24) is 9.88 Å². The molecule has 2 aromatic carbocycles. The van der Waals surface area contributed by atoms with Gasteiger partial charge in [0.25, 0.3) is 11.6 Å². The molecule has 3 aromatic rings. The third kappa shape index (κ3) is 6.16. The van der Waals surface area contributed by atoms with E-state index >= 15 is 0 Å². The Morgan fingerprint density at radius 1 is 1.14 bits per heavy atom. The summed E-state index contributed by atoms with van der Waals surface area (Å²) in [5, 5.41) is 13.6. The number of nitrogens with zero attached hydrogens (tertiary/aromatic N) is 2. The quantitative estimate of drug-likeness (QED) is 0.244. The Hall–Kier alpha value is -4.35. The van der Waals surface area contributed by atoms with Crippen LogP contribution in [0.2, 0.25) is 0 Å². The molecule has 35 heavy (non-hydrogen) atoms. The van der Waals surface area contributed by atoms with E-state index in [1.807, 2.05) is 0 Å². The molecule has 1 atom stereocenters. The van der Waals surface area contributed by atoms with Gasteiger partial charge in [-0.15, -0.1) is 0 Å². The second-order valence-electron chi connectivity index (χ2n) is 7.57. The Labute approximate surface area is 199 Å². The van der Waals surface area contributed by atoms with E-state index in [-0.39, 0.29) is 37.2 Å². The number of nitrogens with one attached hydrogen (secondary N) is 1. The van der Waals surface area contributed by atoms with Gasteiger partial charge >= 0.3 is 11.7 Å². The largest absolute Gasteiger partial charge is 0.493 e. The van der Waals surface area contributed by atoms with Gasteiger partial charge in [0.1, 0.15) is 0 Å². The third-order valence-corrected chi connectivity index (χ3v) is 5.22. The summed E-state index contributed by atoms with van der Waals surface area (Å²) in [4.78, 5) is 46.8. The molecular formula is C23H25N3O9. The van der Waals surface area contributed by atoms with Crippen molar-refractivity contribution in [2.75, 3.05) is 14.2 Å². The molecule has 3 rings (SSSR count). The molecule has 0 saturated heterocycles. The average Bonchev–Trinajstić information content (AvgIpc) is 3.16. The van der Waals surface area contributed by atoms with E-state index in [4.69, 9.17) is 18.6 Å². The van der Waals surface area contributed by atoms with Crippen LogP contribution in [-0.2, 0) is 27.4 Å². The summed E-state index contributed by atoms with van der Waals surface area (Å²) >= 11 is 0. The number of carbonyl (C=O) groups is 2. The lowest BCUT2D eigenvalue weighted by molar-refractivity contribution is -0.384. The predicted octanol–water partition coefficient (Wildman–Crippen LogP) is 2.55. The third-order valence-electron chi connectivity index (χ3n) is 5.22. The molecule has 1 aromatic heterocycles. The van der Waals surface area contributed by atoms with E-state index in [2.05, 4.69) is 5.32 Å². The maximum absolute atomic E-state index is 12.3. The molecule has 12 nitrogen and oxygen atoms in total. The summed E-state index contributed by atoms with van der Waals surface area (Å²) in [5.41, 5.74) is 1.06. The monoisotopic (exact) mass is 487 g/mol. The lowest BCUT2D eigenvalue weighted by Crippen LogP contribution is -2.35. The number of amides is 1. The number of fused-ring (bicyclic) bond motifs is 1. The van der Waals surface area contributed by atoms with Gasteiger partial charge in [0.2, 0.25) is 0 Å². The number of ether oxygens (including phenoxy) is 3. The molecule has 0 fully saturated rings. The fourth-order valence-electron chi connectivity index (χ4n) is 3.39. The van der Waals surface area contributed by atoms with Gasteiger partial charge in [-0.3, -0.25) is 24.3 Å². The van der Waals surface area contributed by atoms with Crippen molar-refractivity contribution in [3.63, 3.8) is 0 Å². The molecule has 0 spiro atoms. The van der Waals surface area contributed by atoms with Gasteiger partial charge < -0.3 is 23.9 Å². The summed E-state index contributed by atoms with van der Waals surface area (Å²) in [6.45, 7) is 1.80. The number of hydrogen-bond donors (Lipinski definition) is 1. The highest BCUT2D eigenvalue weighted by Crippen LogP contribution is 2.27. The van der Waals surface area contributed by atoms with Gasteiger partial charge in [0, 0.05) is 25.6 Å². The smallest absolute Gasteiger partial charge is 0.419 e. The van der Waals surface area contributed by atoms with E-state index < -0.39 is 28.7 Å². The minimum absolute atomic E-state index is 0.0423. The van der Waals surface area contributed by atoms with Crippen LogP contribution in [0.5, 0.6) is 11.5 Å². The number of oxazole rings is 1. The van der Waals surface area contributed by atoms with Crippen LogP contribution in [-0.4, -0.2) is 41.7 Å². The molecule has 1 amide bonds. The fourth-order valence-corrected chi connectivity index (χ4v) is 3.39. The Balaban J connectivity index is 1.48. The lowest BCUT2D eigenvalue weighted by Gasteiger charge is -2.14. The molecule has 186 valence electrons. The Bertz CT molecular complexity index is 1300. The van der Waals surface area contributed by atoms with Gasteiger partial charge in [0.05, 0.1) is 30.7 Å². The van der Waals surface area contributed by atoms with Crippen LogP contribution in [0.1, 0.15) is 25.3 Å². The second-order valence-corrected chi connectivity index (χ2v) is 7.57. The van der Waals surface area contributed by atoms with Gasteiger partial charge in [-0.25, -0.2) is 4.79 Å². The maximum Gasteiger partial charge on any atom is 0.419 e. The first-order chi connectivity index (χ1) is 16.7. The first kappa shape index (κ1) is 25.3. The van der Waals surface area contributed by atoms with E-state index in [0.29, 0.717) is 17.0 Å². The van der Waals surface area contributed by atoms with Gasteiger partial charge in [-0.05, 0) is 37.1 Å². The molecule has 1 N–H and O–H groups in total. The second kappa shape index (κ2) is 11.2. The standard InChI is InChI=1S/C23H25N3O9/c1-14(22(28)24-13-15-6-9-18(32-2)20(11-15)33-3)34-21(27)5-4-10-25-17-8-7-16(26(30)31)12-19(17)35-23(25)29/h6-9,11-12,14H,4-5,10,13H2,1-3H3,(H,24,28). The number of nitro benzene ring substituents is 1. The van der Waals surface area contributed by atoms with Crippen molar-refractivity contribution < 1.29 is 33.1 Å². The molecule has 0 saturated carbocycles. The molecular weight excluding hydrogens is 462 g/mol. The zero-order valence-electron chi connectivity index (χ0n) is 19.4. The Morgan fingerprint density at radius 2 is 1.89 bits per heavy atom. The Morgan fingerprint density at radius 3 is 2.57 bits per heavy atom. The number of methoxy groups -OCH3 is 2. The highest BCUT2D eigenvalue weighted by atomic mass is 16.6. The van der Waals surface area contributed by atoms with E-state index in [1.165, 1.54) is 43.9 Å². The average molecular weight is 487 g/mol. The zero-order valence-corrected chi connectivity index (χ0v) is 19.4. The number of nitro groups is 1. The summed E-state index contributed by atoms with van der Waals surface area (Å²) in [6.07, 6.45) is -0.815. The summed E-state index contributed by atoms with van der Waals surface area (Å²) in [7, 11) is 3.04. The molecule has 0 aliphatic carbocycles. The predicted molar refractivity (Wildman–Crippen MR) is 123 cm³/mol. The minimum atomic E-state index is -1.01. The van der Waals surface area contributed by atoms with Crippen molar-refractivity contribution in [1.29, 1.82) is 0 Å². The first-order valence-corrected chi connectivity index (χ1v) is 10.7. The molecule has 1 heterocycles. The highest BCUT2D eigenvalue weighted by molar-refractivity contribution is 5.83. The summed E-state index contributed by atoms with van der Waals surface area (Å²) < 4.78 is 21.9. The first-order valence-electron chi connectivity index (χ1n) is 10.7. The highest BCUT2D eigenvalue weighted by Gasteiger charge is 2.19. The minimum Gasteiger partial charge on any atom is -0.493 e. The number of carbonyl (C=O) groups excluding carboxylic acids is 2. The van der Waals surface area contributed by atoms with Crippen LogP contribution in [0.15, 0.2) is 45.6 Å². The summed E-state index contributed by atoms with van der Waals surface area (Å²) in [6, 6.07) is 9.09. The van der Waals surface area contributed by atoms with Crippen LogP contribution < -0.4 is 20.5 Å². The van der Waals surface area contributed by atoms with Crippen LogP contribution >= 0.6 is 0 Å². The normalized spacial score (nSPS) is 11.6. The fraction of sp³-hybridized carbons (Fsp3) is 0.348. The number of rotatable bonds is 11. The van der Waals surface area contributed by atoms with Crippen molar-refractivity contribution in [2.24, 2.45) is 0 Å². The molecule has 0 aliphatic rings. The number of non-ortho nitro benzene ring substituents is 1. The van der Waals surface area contributed by atoms with Gasteiger partial charge in [0.15, 0.2) is 23.2 Å². The topological polar surface area (TPSA) is 152 Å². The molecule has 1 unspecified atom stereocenters.